The summed E-state index contributed by atoms with van der Waals surface area (Å²) in [7, 11) is 0. The van der Waals surface area contributed by atoms with E-state index in [0.717, 1.165) is 38.5 Å². The molecule has 0 spiro atoms. The largest absolute Gasteiger partial charge is 0.327 e. The summed E-state index contributed by atoms with van der Waals surface area (Å²) >= 11 is 3.43. The van der Waals surface area contributed by atoms with Crippen LogP contribution in [0.5, 0.6) is 0 Å². The standard InChI is InChI=1S/C24H24N6S2/c1-14-15(2)32-24-21(14)22(18-8-6-17(7-9-18)5-4-10-25)27-19(13-20-26-11-12-31-20)23-29-28-16(3)30(23)24/h4-9,11-12,19H,10,13,25H2,1-3H3/b5-4+/t19-/m0/s1. The molecule has 4 heterocycles. The zero-order chi connectivity index (χ0) is 22.2. The van der Waals surface area contributed by atoms with Gasteiger partial charge in [0, 0.05) is 40.5 Å². The fourth-order valence-electron chi connectivity index (χ4n) is 4.00. The van der Waals surface area contributed by atoms with Crippen molar-refractivity contribution in [2.24, 2.45) is 10.7 Å². The van der Waals surface area contributed by atoms with Crippen molar-refractivity contribution in [3.05, 3.63) is 85.7 Å². The molecule has 0 bridgehead atoms. The number of fused-ring (bicyclic) bond motifs is 3. The minimum Gasteiger partial charge on any atom is -0.327 e. The molecule has 1 atom stereocenters. The molecule has 0 amide bonds. The molecule has 1 aromatic carbocycles. The van der Waals surface area contributed by atoms with E-state index in [1.165, 1.54) is 16.0 Å². The van der Waals surface area contributed by atoms with Gasteiger partial charge in [-0.3, -0.25) is 9.56 Å². The van der Waals surface area contributed by atoms with E-state index in [-0.39, 0.29) is 6.04 Å². The van der Waals surface area contributed by atoms with Crippen LogP contribution in [0.1, 0.15) is 49.8 Å². The number of nitrogens with zero attached hydrogens (tertiary/aromatic N) is 5. The average molecular weight is 461 g/mol. The number of aromatic nitrogens is 4. The summed E-state index contributed by atoms with van der Waals surface area (Å²) in [5.41, 5.74) is 11.3. The second-order valence-corrected chi connectivity index (χ2v) is 9.97. The van der Waals surface area contributed by atoms with Gasteiger partial charge in [-0.1, -0.05) is 36.4 Å². The molecule has 0 saturated heterocycles. The molecule has 1 aliphatic heterocycles. The van der Waals surface area contributed by atoms with Crippen LogP contribution in [-0.4, -0.2) is 32.0 Å². The highest BCUT2D eigenvalue weighted by Gasteiger charge is 2.31. The van der Waals surface area contributed by atoms with Gasteiger partial charge in [0.1, 0.15) is 16.9 Å². The van der Waals surface area contributed by atoms with Crippen molar-refractivity contribution < 1.29 is 0 Å². The molecule has 32 heavy (non-hydrogen) atoms. The SMILES string of the molecule is Cc1sc2c(c1C)C(c1ccc(/C=C/CN)cc1)=N[C@@H](Cc1nccs1)c1nnc(C)n1-2. The quantitative estimate of drug-likeness (QED) is 0.463. The van der Waals surface area contributed by atoms with Gasteiger partial charge in [0.05, 0.1) is 10.7 Å². The Kier molecular flexibility index (Phi) is 5.58. The topological polar surface area (TPSA) is 82.0 Å². The fraction of sp³-hybridized carbons (Fsp3) is 0.250. The van der Waals surface area contributed by atoms with Crippen molar-refractivity contribution in [3.63, 3.8) is 0 Å². The highest BCUT2D eigenvalue weighted by Crippen LogP contribution is 2.39. The van der Waals surface area contributed by atoms with Gasteiger partial charge < -0.3 is 5.73 Å². The highest BCUT2D eigenvalue weighted by atomic mass is 32.1. The van der Waals surface area contributed by atoms with Gasteiger partial charge in [0.2, 0.25) is 0 Å². The number of aliphatic imine (C=N–C) groups is 1. The maximum Gasteiger partial charge on any atom is 0.163 e. The van der Waals surface area contributed by atoms with E-state index in [0.29, 0.717) is 13.0 Å². The second kappa shape index (κ2) is 8.54. The third kappa shape index (κ3) is 3.64. The summed E-state index contributed by atoms with van der Waals surface area (Å²) in [4.78, 5) is 11.1. The monoisotopic (exact) mass is 460 g/mol. The summed E-state index contributed by atoms with van der Waals surface area (Å²) in [5.74, 6) is 1.75. The van der Waals surface area contributed by atoms with Crippen LogP contribution in [0.2, 0.25) is 0 Å². The van der Waals surface area contributed by atoms with Crippen molar-refractivity contribution in [2.75, 3.05) is 6.54 Å². The van der Waals surface area contributed by atoms with Crippen LogP contribution in [0.4, 0.5) is 0 Å². The second-order valence-electron chi connectivity index (χ2n) is 7.79. The zero-order valence-corrected chi connectivity index (χ0v) is 19.9. The molecule has 162 valence electrons. The summed E-state index contributed by atoms with van der Waals surface area (Å²) in [6, 6.07) is 8.36. The van der Waals surface area contributed by atoms with Gasteiger partial charge in [-0.05, 0) is 31.9 Å². The van der Waals surface area contributed by atoms with Crippen LogP contribution in [0.15, 0.2) is 46.9 Å². The molecular formula is C24H24N6S2. The lowest BCUT2D eigenvalue weighted by atomic mass is 9.98. The zero-order valence-electron chi connectivity index (χ0n) is 18.2. The van der Waals surface area contributed by atoms with Gasteiger partial charge in [-0.15, -0.1) is 32.9 Å². The molecule has 3 aromatic heterocycles. The van der Waals surface area contributed by atoms with Crippen molar-refractivity contribution in [2.45, 2.75) is 33.2 Å². The number of thiazole rings is 1. The van der Waals surface area contributed by atoms with Gasteiger partial charge in [0.15, 0.2) is 5.82 Å². The number of hydrogen-bond acceptors (Lipinski definition) is 7. The first-order valence-electron chi connectivity index (χ1n) is 10.5. The van der Waals surface area contributed by atoms with Crippen LogP contribution >= 0.6 is 22.7 Å². The van der Waals surface area contributed by atoms with E-state index in [9.17, 15) is 0 Å². The Morgan fingerprint density at radius 2 is 1.94 bits per heavy atom. The van der Waals surface area contributed by atoms with E-state index in [2.05, 4.69) is 57.9 Å². The third-order valence-electron chi connectivity index (χ3n) is 5.72. The molecule has 0 fully saturated rings. The average Bonchev–Trinajstić information content (AvgIpc) is 3.49. The minimum atomic E-state index is -0.159. The van der Waals surface area contributed by atoms with Crippen LogP contribution in [-0.2, 0) is 6.42 Å². The molecule has 8 heteroatoms. The van der Waals surface area contributed by atoms with Crippen molar-refractivity contribution in [1.29, 1.82) is 0 Å². The number of aryl methyl sites for hydroxylation is 2. The van der Waals surface area contributed by atoms with E-state index >= 15 is 0 Å². The predicted octanol–water partition coefficient (Wildman–Crippen LogP) is 4.82. The van der Waals surface area contributed by atoms with Gasteiger partial charge in [0.25, 0.3) is 0 Å². The van der Waals surface area contributed by atoms with Crippen LogP contribution < -0.4 is 5.73 Å². The van der Waals surface area contributed by atoms with Crippen LogP contribution in [0, 0.1) is 20.8 Å². The molecule has 1 aliphatic rings. The Labute approximate surface area is 195 Å². The summed E-state index contributed by atoms with van der Waals surface area (Å²) in [5, 5.41) is 13.2. The number of nitrogens with two attached hydrogens (primary N) is 1. The molecule has 0 saturated carbocycles. The smallest absolute Gasteiger partial charge is 0.163 e. The first-order valence-corrected chi connectivity index (χ1v) is 12.2. The van der Waals surface area contributed by atoms with Gasteiger partial charge in [-0.2, -0.15) is 0 Å². The van der Waals surface area contributed by atoms with Crippen molar-refractivity contribution >= 4 is 34.5 Å². The Morgan fingerprint density at radius 1 is 1.12 bits per heavy atom. The lowest BCUT2D eigenvalue weighted by Gasteiger charge is -2.11. The van der Waals surface area contributed by atoms with Crippen LogP contribution in [0.3, 0.4) is 0 Å². The first-order chi connectivity index (χ1) is 15.6. The third-order valence-corrected chi connectivity index (χ3v) is 7.72. The number of rotatable bonds is 5. The lowest BCUT2D eigenvalue weighted by molar-refractivity contribution is 0.655. The normalized spacial score (nSPS) is 15.5. The number of benzene rings is 1. The van der Waals surface area contributed by atoms with Crippen LogP contribution in [0.25, 0.3) is 11.1 Å². The first kappa shape index (κ1) is 20.9. The summed E-state index contributed by atoms with van der Waals surface area (Å²) in [6.45, 7) is 6.88. The molecular weight excluding hydrogens is 436 g/mol. The lowest BCUT2D eigenvalue weighted by Crippen LogP contribution is -2.09. The van der Waals surface area contributed by atoms with Gasteiger partial charge in [-0.25, -0.2) is 4.98 Å². The molecule has 4 aromatic rings. The number of hydrogen-bond donors (Lipinski definition) is 1. The van der Waals surface area contributed by atoms with Crippen molar-refractivity contribution in [3.8, 4) is 5.00 Å². The predicted molar refractivity (Wildman–Crippen MR) is 132 cm³/mol. The molecule has 0 unspecified atom stereocenters. The Hall–Kier alpha value is -2.94. The van der Waals surface area contributed by atoms with E-state index < -0.39 is 0 Å². The number of thiophene rings is 1. The maximum atomic E-state index is 5.60. The summed E-state index contributed by atoms with van der Waals surface area (Å²) in [6.07, 6.45) is 6.54. The Bertz CT molecular complexity index is 1310. The molecule has 0 radical (unpaired) electrons. The minimum absolute atomic E-state index is 0.159. The Balaban J connectivity index is 1.70. The fourth-order valence-corrected chi connectivity index (χ4v) is 5.87. The van der Waals surface area contributed by atoms with E-state index in [1.807, 2.05) is 30.7 Å². The molecule has 6 nitrogen and oxygen atoms in total. The van der Waals surface area contributed by atoms with Gasteiger partial charge >= 0.3 is 0 Å². The van der Waals surface area contributed by atoms with Crippen molar-refractivity contribution in [1.82, 2.24) is 19.7 Å². The molecule has 2 N–H and O–H groups in total. The molecule has 0 aliphatic carbocycles. The van der Waals surface area contributed by atoms with E-state index in [1.54, 1.807) is 22.7 Å². The molecule has 5 rings (SSSR count). The highest BCUT2D eigenvalue weighted by molar-refractivity contribution is 7.15. The van der Waals surface area contributed by atoms with E-state index in [4.69, 9.17) is 10.7 Å². The maximum absolute atomic E-state index is 5.60. The Morgan fingerprint density at radius 3 is 2.66 bits per heavy atom. The summed E-state index contributed by atoms with van der Waals surface area (Å²) < 4.78 is 2.19.